The van der Waals surface area contributed by atoms with Crippen LogP contribution in [0.5, 0.6) is 0 Å². The van der Waals surface area contributed by atoms with Gasteiger partial charge in [0.15, 0.2) is 0 Å². The monoisotopic (exact) mass is 361 g/mol. The van der Waals surface area contributed by atoms with Crippen molar-refractivity contribution in [2.24, 2.45) is 0 Å². The Kier molecular flexibility index (Phi) is 7.39. The summed E-state index contributed by atoms with van der Waals surface area (Å²) in [7, 11) is -3.41. The van der Waals surface area contributed by atoms with Crippen molar-refractivity contribution in [3.05, 3.63) is 71.8 Å². The van der Waals surface area contributed by atoms with E-state index in [1.54, 1.807) is 0 Å². The first kappa shape index (κ1) is 19.9. The topological polar surface area (TPSA) is 47.6 Å². The molecule has 2 aromatic rings. The number of hydrogen-bond acceptors (Lipinski definition) is 4. The lowest BCUT2D eigenvalue weighted by molar-refractivity contribution is 0.133. The number of benzene rings is 2. The molecule has 5 heteroatoms. The molecule has 0 saturated heterocycles. The zero-order valence-electron chi connectivity index (χ0n) is 15.4. The summed E-state index contributed by atoms with van der Waals surface area (Å²) in [4.78, 5) is 0. The zero-order chi connectivity index (χ0) is 18.3. The summed E-state index contributed by atoms with van der Waals surface area (Å²) >= 11 is 0. The molecular weight excluding hydrogens is 333 g/mol. The van der Waals surface area contributed by atoms with Crippen molar-refractivity contribution in [3.8, 4) is 0 Å². The summed E-state index contributed by atoms with van der Waals surface area (Å²) < 4.78 is 25.3. The van der Waals surface area contributed by atoms with Gasteiger partial charge in [-0.1, -0.05) is 60.7 Å². The van der Waals surface area contributed by atoms with Crippen LogP contribution in [0.1, 0.15) is 44.6 Å². The van der Waals surface area contributed by atoms with E-state index in [9.17, 15) is 4.57 Å². The number of nitrogens with one attached hydrogen (secondary N) is 1. The van der Waals surface area contributed by atoms with E-state index in [2.05, 4.69) is 5.32 Å². The summed E-state index contributed by atoms with van der Waals surface area (Å²) in [5.74, 6) is -0.529. The molecule has 0 aliphatic carbocycles. The Morgan fingerprint density at radius 2 is 1.32 bits per heavy atom. The molecule has 0 amide bonds. The van der Waals surface area contributed by atoms with Crippen molar-refractivity contribution in [1.29, 1.82) is 0 Å². The first-order valence-electron chi connectivity index (χ1n) is 8.69. The Labute approximate surface area is 151 Å². The molecule has 2 rings (SSSR count). The van der Waals surface area contributed by atoms with Crippen molar-refractivity contribution < 1.29 is 13.6 Å². The summed E-state index contributed by atoms with van der Waals surface area (Å²) in [6.45, 7) is 8.06. The largest absolute Gasteiger partial charge is 0.352 e. The van der Waals surface area contributed by atoms with Gasteiger partial charge in [0.05, 0.1) is 12.2 Å². The van der Waals surface area contributed by atoms with Crippen LogP contribution in [0.4, 0.5) is 0 Å². The fraction of sp³-hybridized carbons (Fsp3) is 0.400. The molecule has 0 heterocycles. The average Bonchev–Trinajstić information content (AvgIpc) is 2.55. The zero-order valence-corrected chi connectivity index (χ0v) is 16.3. The van der Waals surface area contributed by atoms with Gasteiger partial charge in [-0.15, -0.1) is 0 Å². The molecular formula is C20H28NO3P. The molecule has 0 fully saturated rings. The Morgan fingerprint density at radius 3 is 1.80 bits per heavy atom. The fourth-order valence-electron chi connectivity index (χ4n) is 2.59. The molecule has 1 atom stereocenters. The first-order chi connectivity index (χ1) is 11.9. The van der Waals surface area contributed by atoms with Gasteiger partial charge in [-0.25, -0.2) is 0 Å². The van der Waals surface area contributed by atoms with Crippen LogP contribution in [-0.2, 0) is 20.2 Å². The van der Waals surface area contributed by atoms with Crippen molar-refractivity contribution in [3.63, 3.8) is 0 Å². The second kappa shape index (κ2) is 9.30. The minimum absolute atomic E-state index is 0.200. The molecule has 0 radical (unpaired) electrons. The molecule has 0 saturated carbocycles. The number of rotatable bonds is 9. The van der Waals surface area contributed by atoms with E-state index in [1.807, 2.05) is 88.4 Å². The SMILES string of the molecule is CC(C)OP(=O)(OC(C)C)[C@H](NCc1ccccc1)c1ccccc1. The quantitative estimate of drug-likeness (QED) is 0.598. The summed E-state index contributed by atoms with van der Waals surface area (Å²) in [6.07, 6.45) is -0.399. The predicted octanol–water partition coefficient (Wildman–Crippen LogP) is 5.52. The Hall–Kier alpha value is -1.45. The lowest BCUT2D eigenvalue weighted by Crippen LogP contribution is -2.25. The van der Waals surface area contributed by atoms with Crippen molar-refractivity contribution in [2.45, 2.75) is 52.2 Å². The van der Waals surface area contributed by atoms with E-state index in [0.29, 0.717) is 6.54 Å². The maximum absolute atomic E-state index is 13.6. The molecule has 25 heavy (non-hydrogen) atoms. The molecule has 1 N–H and O–H groups in total. The first-order valence-corrected chi connectivity index (χ1v) is 10.3. The predicted molar refractivity (Wildman–Crippen MR) is 103 cm³/mol. The van der Waals surface area contributed by atoms with Crippen LogP contribution in [0, 0.1) is 0 Å². The van der Waals surface area contributed by atoms with Gasteiger partial charge in [0.2, 0.25) is 0 Å². The van der Waals surface area contributed by atoms with Crippen LogP contribution in [0.2, 0.25) is 0 Å². The van der Waals surface area contributed by atoms with Gasteiger partial charge in [0, 0.05) is 6.54 Å². The molecule has 0 bridgehead atoms. The van der Waals surface area contributed by atoms with Gasteiger partial charge >= 0.3 is 7.60 Å². The van der Waals surface area contributed by atoms with Crippen molar-refractivity contribution in [2.75, 3.05) is 0 Å². The molecule has 0 aliphatic rings. The Morgan fingerprint density at radius 1 is 0.840 bits per heavy atom. The third kappa shape index (κ3) is 6.09. The molecule has 0 unspecified atom stereocenters. The van der Waals surface area contributed by atoms with Crippen LogP contribution in [-0.4, -0.2) is 12.2 Å². The standard InChI is InChI=1S/C20H28NO3P/c1-16(2)23-25(22,24-17(3)4)20(19-13-9-6-10-14-19)21-15-18-11-7-5-8-12-18/h5-14,16-17,20-21H,15H2,1-4H3/t20-/m0/s1. The summed E-state index contributed by atoms with van der Waals surface area (Å²) in [5.41, 5.74) is 2.01. The highest BCUT2D eigenvalue weighted by Crippen LogP contribution is 2.61. The Bertz CT molecular complexity index is 660. The van der Waals surface area contributed by atoms with Crippen LogP contribution in [0.15, 0.2) is 60.7 Å². The maximum Gasteiger partial charge on any atom is 0.352 e. The average molecular weight is 361 g/mol. The Balaban J connectivity index is 2.32. The van der Waals surface area contributed by atoms with E-state index >= 15 is 0 Å². The smallest absolute Gasteiger partial charge is 0.304 e. The van der Waals surface area contributed by atoms with Gasteiger partial charge in [-0.3, -0.25) is 9.88 Å². The highest BCUT2D eigenvalue weighted by Gasteiger charge is 2.38. The fourth-order valence-corrected chi connectivity index (χ4v) is 4.91. The highest BCUT2D eigenvalue weighted by molar-refractivity contribution is 7.54. The van der Waals surface area contributed by atoms with Gasteiger partial charge in [0.25, 0.3) is 0 Å². The van der Waals surface area contributed by atoms with Crippen LogP contribution in [0.25, 0.3) is 0 Å². The van der Waals surface area contributed by atoms with Gasteiger partial charge in [-0.05, 0) is 38.8 Å². The van der Waals surface area contributed by atoms with Gasteiger partial charge < -0.3 is 9.05 Å². The van der Waals surface area contributed by atoms with E-state index in [0.717, 1.165) is 11.1 Å². The van der Waals surface area contributed by atoms with Gasteiger partial charge in [0.1, 0.15) is 5.78 Å². The van der Waals surface area contributed by atoms with Crippen LogP contribution >= 0.6 is 7.60 Å². The molecule has 136 valence electrons. The van der Waals surface area contributed by atoms with Gasteiger partial charge in [-0.2, -0.15) is 0 Å². The van der Waals surface area contributed by atoms with E-state index in [1.165, 1.54) is 0 Å². The van der Waals surface area contributed by atoms with E-state index < -0.39 is 13.4 Å². The second-order valence-electron chi connectivity index (χ2n) is 6.53. The lowest BCUT2D eigenvalue weighted by atomic mass is 10.2. The van der Waals surface area contributed by atoms with Crippen LogP contribution < -0.4 is 5.32 Å². The lowest BCUT2D eigenvalue weighted by Gasteiger charge is -2.31. The van der Waals surface area contributed by atoms with Crippen LogP contribution in [0.3, 0.4) is 0 Å². The van der Waals surface area contributed by atoms with E-state index in [4.69, 9.17) is 9.05 Å². The minimum Gasteiger partial charge on any atom is -0.304 e. The highest BCUT2D eigenvalue weighted by atomic mass is 31.2. The molecule has 4 nitrogen and oxygen atoms in total. The maximum atomic E-state index is 13.6. The molecule has 0 aromatic heterocycles. The van der Waals surface area contributed by atoms with Crippen molar-refractivity contribution in [1.82, 2.24) is 5.32 Å². The molecule has 0 spiro atoms. The normalized spacial score (nSPS) is 13.4. The van der Waals surface area contributed by atoms with E-state index in [-0.39, 0.29) is 12.2 Å². The van der Waals surface area contributed by atoms with Crippen molar-refractivity contribution >= 4 is 7.60 Å². The molecule has 2 aromatic carbocycles. The summed E-state index contributed by atoms with van der Waals surface area (Å²) in [6, 6.07) is 19.7. The third-order valence-corrected chi connectivity index (χ3v) is 6.03. The molecule has 0 aliphatic heterocycles. The summed E-state index contributed by atoms with van der Waals surface area (Å²) in [5, 5.41) is 3.39. The minimum atomic E-state index is -3.41. The number of hydrogen-bond donors (Lipinski definition) is 1. The third-order valence-electron chi connectivity index (χ3n) is 3.49. The second-order valence-corrected chi connectivity index (χ2v) is 8.55.